The van der Waals surface area contributed by atoms with E-state index in [1.54, 1.807) is 0 Å². The standard InChI is InChI=1S/C9H9BrO6.C2H6/c1-14-2-3-15-7-5(10)4-6(8(11)12)16-9(7)13;1-2/h4H,2-3H2,1H3,(H,11,12);1-2H3. The van der Waals surface area contributed by atoms with E-state index in [2.05, 4.69) is 20.3 Å². The Kier molecular flexibility index (Phi) is 8.06. The molecule has 0 bridgehead atoms. The highest BCUT2D eigenvalue weighted by atomic mass is 79.9. The second-order valence-electron chi connectivity index (χ2n) is 2.72. The first-order valence-electron chi connectivity index (χ1n) is 5.25. The molecule has 0 spiro atoms. The maximum absolute atomic E-state index is 11.3. The molecule has 0 amide bonds. The van der Waals surface area contributed by atoms with Crippen molar-refractivity contribution in [3.05, 3.63) is 26.7 Å². The van der Waals surface area contributed by atoms with Crippen molar-refractivity contribution in [2.24, 2.45) is 0 Å². The van der Waals surface area contributed by atoms with Crippen LogP contribution < -0.4 is 10.4 Å². The van der Waals surface area contributed by atoms with Gasteiger partial charge in [0.15, 0.2) is 0 Å². The average Bonchev–Trinajstić information content (AvgIpc) is 2.35. The molecule has 1 N–H and O–H groups in total. The summed E-state index contributed by atoms with van der Waals surface area (Å²) in [5.41, 5.74) is -0.845. The first-order valence-corrected chi connectivity index (χ1v) is 6.04. The van der Waals surface area contributed by atoms with Gasteiger partial charge in [-0.3, -0.25) is 0 Å². The fraction of sp³-hybridized carbons (Fsp3) is 0.455. The monoisotopic (exact) mass is 322 g/mol. The first-order chi connectivity index (χ1) is 8.56. The lowest BCUT2D eigenvalue weighted by Crippen LogP contribution is -2.14. The summed E-state index contributed by atoms with van der Waals surface area (Å²) in [6.45, 7) is 4.48. The van der Waals surface area contributed by atoms with Gasteiger partial charge in [0, 0.05) is 13.2 Å². The molecule has 0 aliphatic carbocycles. The van der Waals surface area contributed by atoms with Crippen molar-refractivity contribution in [3.63, 3.8) is 0 Å². The van der Waals surface area contributed by atoms with Crippen LogP contribution >= 0.6 is 15.9 Å². The van der Waals surface area contributed by atoms with Crippen LogP contribution in [0.3, 0.4) is 0 Å². The van der Waals surface area contributed by atoms with Crippen molar-refractivity contribution >= 4 is 21.9 Å². The van der Waals surface area contributed by atoms with Crippen molar-refractivity contribution < 1.29 is 23.8 Å². The van der Waals surface area contributed by atoms with Crippen LogP contribution in [0.2, 0.25) is 0 Å². The predicted octanol–water partition coefficient (Wildman–Crippen LogP) is 2.15. The number of rotatable bonds is 5. The summed E-state index contributed by atoms with van der Waals surface area (Å²) in [7, 11) is 1.49. The largest absolute Gasteiger partial charge is 0.483 e. The van der Waals surface area contributed by atoms with Crippen LogP contribution in [0.25, 0.3) is 0 Å². The molecule has 6 nitrogen and oxygen atoms in total. The first kappa shape index (κ1) is 16.7. The molecule has 0 aliphatic heterocycles. The summed E-state index contributed by atoms with van der Waals surface area (Å²) < 4.78 is 14.6. The Bertz CT molecular complexity index is 440. The van der Waals surface area contributed by atoms with Crippen molar-refractivity contribution in [3.8, 4) is 5.75 Å². The third-order valence-electron chi connectivity index (χ3n) is 1.61. The van der Waals surface area contributed by atoms with E-state index >= 15 is 0 Å². The minimum absolute atomic E-state index is 0.0675. The topological polar surface area (TPSA) is 86.0 Å². The third kappa shape index (κ3) is 4.89. The van der Waals surface area contributed by atoms with E-state index in [0.29, 0.717) is 6.61 Å². The molecule has 0 unspecified atom stereocenters. The maximum atomic E-state index is 11.3. The van der Waals surface area contributed by atoms with Crippen molar-refractivity contribution in [1.29, 1.82) is 0 Å². The Morgan fingerprint density at radius 3 is 2.50 bits per heavy atom. The van der Waals surface area contributed by atoms with E-state index in [1.807, 2.05) is 13.8 Å². The molecule has 0 aromatic carbocycles. The number of halogens is 1. The molecule has 1 rings (SSSR count). The van der Waals surface area contributed by atoms with Gasteiger partial charge in [-0.05, 0) is 15.9 Å². The van der Waals surface area contributed by atoms with E-state index < -0.39 is 17.4 Å². The average molecular weight is 323 g/mol. The zero-order valence-electron chi connectivity index (χ0n) is 10.4. The normalized spacial score (nSPS) is 9.33. The smallest absolute Gasteiger partial charge is 0.380 e. The van der Waals surface area contributed by atoms with Gasteiger partial charge >= 0.3 is 11.6 Å². The molecule has 0 saturated heterocycles. The van der Waals surface area contributed by atoms with Crippen LogP contribution in [0.4, 0.5) is 0 Å². The highest BCUT2D eigenvalue weighted by molar-refractivity contribution is 9.10. The number of aromatic carboxylic acids is 1. The van der Waals surface area contributed by atoms with Gasteiger partial charge in [0.1, 0.15) is 6.61 Å². The molecule has 7 heteroatoms. The molecule has 0 atom stereocenters. The predicted molar refractivity (Wildman–Crippen MR) is 68.4 cm³/mol. The Balaban J connectivity index is 0.00000137. The molecule has 0 radical (unpaired) electrons. The third-order valence-corrected chi connectivity index (χ3v) is 2.20. The Morgan fingerprint density at radius 2 is 2.06 bits per heavy atom. The second-order valence-corrected chi connectivity index (χ2v) is 3.58. The van der Waals surface area contributed by atoms with Crippen LogP contribution in [0.1, 0.15) is 24.4 Å². The minimum Gasteiger partial charge on any atom is -0.483 e. The van der Waals surface area contributed by atoms with Gasteiger partial charge in [-0.25, -0.2) is 9.59 Å². The summed E-state index contributed by atoms with van der Waals surface area (Å²) in [4.78, 5) is 21.9. The van der Waals surface area contributed by atoms with Crippen LogP contribution in [-0.2, 0) is 4.74 Å². The van der Waals surface area contributed by atoms with E-state index in [9.17, 15) is 9.59 Å². The van der Waals surface area contributed by atoms with Crippen LogP contribution in [0.5, 0.6) is 5.75 Å². The highest BCUT2D eigenvalue weighted by Crippen LogP contribution is 2.21. The number of hydrogen-bond donors (Lipinski definition) is 1. The quantitative estimate of drug-likeness (QED) is 0.836. The number of carbonyl (C=O) groups is 1. The zero-order valence-corrected chi connectivity index (χ0v) is 11.9. The summed E-state index contributed by atoms with van der Waals surface area (Å²) in [5.74, 6) is -1.83. The van der Waals surface area contributed by atoms with Crippen LogP contribution in [-0.4, -0.2) is 31.4 Å². The molecule has 18 heavy (non-hydrogen) atoms. The maximum Gasteiger partial charge on any atom is 0.380 e. The Hall–Kier alpha value is -1.34. The van der Waals surface area contributed by atoms with Gasteiger partial charge in [-0.1, -0.05) is 13.8 Å². The lowest BCUT2D eigenvalue weighted by atomic mass is 10.4. The minimum atomic E-state index is -1.32. The number of ether oxygens (including phenoxy) is 2. The van der Waals surface area contributed by atoms with Crippen molar-refractivity contribution in [2.75, 3.05) is 20.3 Å². The van der Waals surface area contributed by atoms with Gasteiger partial charge in [-0.2, -0.15) is 0 Å². The molecular formula is C11H15BrO6. The van der Waals surface area contributed by atoms with Crippen molar-refractivity contribution in [1.82, 2.24) is 0 Å². The molecule has 0 saturated carbocycles. The summed E-state index contributed by atoms with van der Waals surface area (Å²) in [5, 5.41) is 8.62. The SMILES string of the molecule is CC.COCCOc1c(Br)cc(C(=O)O)oc1=O. The van der Waals surface area contributed by atoms with Gasteiger partial charge in [0.05, 0.1) is 11.1 Å². The fourth-order valence-electron chi connectivity index (χ4n) is 0.914. The Labute approximate surface area is 113 Å². The number of methoxy groups -OCH3 is 1. The van der Waals surface area contributed by atoms with Gasteiger partial charge < -0.3 is 19.0 Å². The van der Waals surface area contributed by atoms with Crippen LogP contribution in [0.15, 0.2) is 19.8 Å². The lowest BCUT2D eigenvalue weighted by Gasteiger charge is -2.05. The van der Waals surface area contributed by atoms with Gasteiger partial charge in [0.25, 0.3) is 0 Å². The molecule has 0 aliphatic rings. The van der Waals surface area contributed by atoms with E-state index in [0.717, 1.165) is 6.07 Å². The molecular weight excluding hydrogens is 308 g/mol. The number of hydrogen-bond acceptors (Lipinski definition) is 5. The summed E-state index contributed by atoms with van der Waals surface area (Å²) in [6, 6.07) is 1.16. The van der Waals surface area contributed by atoms with E-state index in [4.69, 9.17) is 14.6 Å². The van der Waals surface area contributed by atoms with Gasteiger partial charge in [-0.15, -0.1) is 0 Å². The number of carboxylic acids is 1. The Morgan fingerprint density at radius 1 is 1.44 bits per heavy atom. The molecule has 1 aromatic heterocycles. The summed E-state index contributed by atoms with van der Waals surface area (Å²) in [6.07, 6.45) is 0. The second kappa shape index (κ2) is 8.71. The zero-order chi connectivity index (χ0) is 14.1. The van der Waals surface area contributed by atoms with Gasteiger partial charge in [0.2, 0.25) is 11.5 Å². The molecule has 102 valence electrons. The lowest BCUT2D eigenvalue weighted by molar-refractivity contribution is 0.0655. The molecule has 1 aromatic rings. The molecule has 0 fully saturated rings. The van der Waals surface area contributed by atoms with Crippen LogP contribution in [0, 0.1) is 0 Å². The van der Waals surface area contributed by atoms with Crippen molar-refractivity contribution in [2.45, 2.75) is 13.8 Å². The van der Waals surface area contributed by atoms with E-state index in [-0.39, 0.29) is 16.8 Å². The molecule has 1 heterocycles. The van der Waals surface area contributed by atoms with E-state index in [1.165, 1.54) is 7.11 Å². The highest BCUT2D eigenvalue weighted by Gasteiger charge is 2.15. The summed E-state index contributed by atoms with van der Waals surface area (Å²) >= 11 is 3.03. The fourth-order valence-corrected chi connectivity index (χ4v) is 1.40. The number of carboxylic acid groups (broad SMARTS) is 1.